The predicted molar refractivity (Wildman–Crippen MR) is 210 cm³/mol. The Hall–Kier alpha value is -3.92. The number of allylic oxidation sites excluding steroid dienone is 10. The Kier molecular flexibility index (Phi) is 13.8. The topological polar surface area (TPSA) is 28.4 Å². The molecule has 249 valence electrons. The summed E-state index contributed by atoms with van der Waals surface area (Å²) in [4.78, 5) is 2.25. The van der Waals surface area contributed by atoms with E-state index in [-0.39, 0.29) is 10.8 Å². The van der Waals surface area contributed by atoms with Crippen molar-refractivity contribution in [1.29, 1.82) is 0 Å². The van der Waals surface area contributed by atoms with Gasteiger partial charge in [-0.15, -0.1) is 12.6 Å². The molecule has 1 radical (unpaired) electrons. The number of benzene rings is 1. The van der Waals surface area contributed by atoms with E-state index in [0.29, 0.717) is 18.4 Å². The maximum atomic E-state index is 7.01. The molecular weight excluding hydrogens is 571 g/mol. The largest absolute Gasteiger partial charge is 0.440 e. The van der Waals surface area contributed by atoms with Gasteiger partial charge in [0.05, 0.1) is 5.70 Å². The summed E-state index contributed by atoms with van der Waals surface area (Å²) in [6.07, 6.45) is 28.7. The fourth-order valence-electron chi connectivity index (χ4n) is 5.71. The van der Waals surface area contributed by atoms with Crippen LogP contribution in [-0.2, 0) is 0 Å². The lowest BCUT2D eigenvalue weighted by Gasteiger charge is -2.27. The number of rotatable bonds is 15. The Labute approximate surface area is 287 Å². The van der Waals surface area contributed by atoms with Crippen molar-refractivity contribution in [3.05, 3.63) is 133 Å². The van der Waals surface area contributed by atoms with Crippen molar-refractivity contribution in [2.75, 3.05) is 11.4 Å². The summed E-state index contributed by atoms with van der Waals surface area (Å²) < 4.78 is 7.01. The second-order valence-electron chi connectivity index (χ2n) is 15.1. The summed E-state index contributed by atoms with van der Waals surface area (Å²) in [5.41, 5.74) is 7.06. The maximum absolute atomic E-state index is 7.01. The second-order valence-corrected chi connectivity index (χ2v) is 15.1. The van der Waals surface area contributed by atoms with Crippen molar-refractivity contribution >= 4 is 29.6 Å². The lowest BCUT2D eigenvalue weighted by molar-refractivity contribution is 0.418. The van der Waals surface area contributed by atoms with Crippen LogP contribution in [0.1, 0.15) is 104 Å². The number of anilines is 1. The molecule has 0 saturated heterocycles. The van der Waals surface area contributed by atoms with Gasteiger partial charge in [-0.3, -0.25) is 4.90 Å². The number of furan rings is 1. The molecule has 0 amide bonds. The lowest BCUT2D eigenvalue weighted by atomic mass is 9.68. The van der Waals surface area contributed by atoms with E-state index in [2.05, 4.69) is 135 Å². The van der Waals surface area contributed by atoms with E-state index in [9.17, 15) is 0 Å². The van der Waals surface area contributed by atoms with Gasteiger partial charge in [-0.2, -0.15) is 0 Å². The highest BCUT2D eigenvalue weighted by Crippen LogP contribution is 2.42. The molecule has 2 unspecified atom stereocenters. The molecule has 0 aliphatic heterocycles. The van der Waals surface area contributed by atoms with E-state index in [1.165, 1.54) is 24.0 Å². The van der Waals surface area contributed by atoms with Gasteiger partial charge < -0.3 is 9.73 Å². The highest BCUT2D eigenvalue weighted by Gasteiger charge is 2.28. The quantitative estimate of drug-likeness (QED) is 0.0920. The third-order valence-corrected chi connectivity index (χ3v) is 8.32. The molecule has 0 spiro atoms. The van der Waals surface area contributed by atoms with Crippen molar-refractivity contribution in [1.82, 2.24) is 5.32 Å². The van der Waals surface area contributed by atoms with Gasteiger partial charge in [0, 0.05) is 17.6 Å². The molecule has 2 atom stereocenters. The zero-order chi connectivity index (χ0) is 34.6. The number of hydrogen-bond acceptors (Lipinski definition) is 3. The molecule has 47 heavy (non-hydrogen) atoms. The van der Waals surface area contributed by atoms with Crippen molar-refractivity contribution in [3.63, 3.8) is 0 Å². The summed E-state index contributed by atoms with van der Waals surface area (Å²) in [6, 6.07) is 4.69. The first-order valence-electron chi connectivity index (χ1n) is 17.2. The minimum atomic E-state index is 0.104. The smallest absolute Gasteiger partial charge is 0.199 e. The molecule has 0 saturated carbocycles. The number of fused-ring (bicyclic) bond motifs is 2. The molecule has 1 aromatic heterocycles. The van der Waals surface area contributed by atoms with Gasteiger partial charge in [-0.25, -0.2) is 0 Å². The minimum absolute atomic E-state index is 0.104. The van der Waals surface area contributed by atoms with E-state index < -0.39 is 0 Å². The summed E-state index contributed by atoms with van der Waals surface area (Å²) in [7, 11) is 2.18. The van der Waals surface area contributed by atoms with Crippen LogP contribution in [0.4, 0.5) is 5.88 Å². The van der Waals surface area contributed by atoms with E-state index in [1.54, 1.807) is 6.08 Å². The molecule has 1 aromatic carbocycles. The van der Waals surface area contributed by atoms with E-state index in [1.807, 2.05) is 42.7 Å². The second kappa shape index (κ2) is 17.3. The monoisotopic (exact) mass is 629 g/mol. The number of hydrogen-bond donors (Lipinski definition) is 1. The first-order valence-corrected chi connectivity index (χ1v) is 17.2. The summed E-state index contributed by atoms with van der Waals surface area (Å²) in [5, 5.41) is 4.45. The van der Waals surface area contributed by atoms with Crippen molar-refractivity contribution in [2.45, 2.75) is 92.9 Å². The third-order valence-electron chi connectivity index (χ3n) is 8.32. The van der Waals surface area contributed by atoms with Crippen LogP contribution in [0.15, 0.2) is 127 Å². The van der Waals surface area contributed by atoms with Crippen molar-refractivity contribution in [2.24, 2.45) is 10.8 Å². The van der Waals surface area contributed by atoms with Gasteiger partial charge in [-0.05, 0) is 101 Å². The molecule has 0 fully saturated rings. The van der Waals surface area contributed by atoms with Crippen molar-refractivity contribution in [3.8, 4) is 0 Å². The molecule has 4 heteroatoms. The molecule has 2 aromatic rings. The van der Waals surface area contributed by atoms with E-state index in [4.69, 9.17) is 4.42 Å². The molecule has 1 heterocycles. The normalized spacial score (nSPS) is 18.0. The van der Waals surface area contributed by atoms with Crippen molar-refractivity contribution < 1.29 is 4.42 Å². The zero-order valence-electron chi connectivity index (χ0n) is 30.4. The summed E-state index contributed by atoms with van der Waals surface area (Å²) >= 11 is 0. The van der Waals surface area contributed by atoms with Crippen LogP contribution in [0.3, 0.4) is 0 Å². The zero-order valence-corrected chi connectivity index (χ0v) is 30.4. The van der Waals surface area contributed by atoms with Crippen LogP contribution >= 0.6 is 0 Å². The average Bonchev–Trinajstić information content (AvgIpc) is 3.34. The molecule has 3 rings (SSSR count). The molecule has 1 N–H and O–H groups in total. The Morgan fingerprint density at radius 3 is 2.19 bits per heavy atom. The van der Waals surface area contributed by atoms with E-state index >= 15 is 0 Å². The maximum Gasteiger partial charge on any atom is 0.199 e. The van der Waals surface area contributed by atoms with Gasteiger partial charge >= 0.3 is 0 Å². The molecule has 1 aliphatic rings. The van der Waals surface area contributed by atoms with E-state index in [0.717, 1.165) is 46.6 Å². The lowest BCUT2D eigenvalue weighted by Crippen LogP contribution is -2.27. The Balaban J connectivity index is 2.40. The number of nitrogens with zero attached hydrogens (tertiary/aromatic N) is 1. The minimum Gasteiger partial charge on any atom is -0.440 e. The number of nitrogens with one attached hydrogen (secondary N) is 1. The van der Waals surface area contributed by atoms with Crippen LogP contribution in [0.2, 0.25) is 0 Å². The predicted octanol–water partition coefficient (Wildman–Crippen LogP) is 11.5. The van der Waals surface area contributed by atoms with Crippen LogP contribution < -0.4 is 15.7 Å². The van der Waals surface area contributed by atoms with Crippen LogP contribution in [-0.4, -0.2) is 13.8 Å². The third kappa shape index (κ3) is 11.1. The average molecular weight is 630 g/mol. The first-order chi connectivity index (χ1) is 22.3. The Morgan fingerprint density at radius 1 is 0.894 bits per heavy atom. The Bertz CT molecular complexity index is 1560. The van der Waals surface area contributed by atoms with Crippen LogP contribution in [0.25, 0.3) is 11.0 Å². The standard InChI is InChI=1S/C43H58BN2O/c1-12-15-16-17-27-44-40-38-30-36-32(4)21-22-33(5)37(36)31-39(38)47-41(40)46(34(19-13-2)24-29-45-28-14-3)35(23-26-43(9,10)11)20-18-25-42(6,7)8/h12-20,23-24,27,29-33,45H,1-3,21-22,25-26,28H2,4-11H3/b16-15-,20-18-,27-17+,29-24+,34-19+,35-23+. The summed E-state index contributed by atoms with van der Waals surface area (Å²) in [5.74, 6) is 3.88. The van der Waals surface area contributed by atoms with Gasteiger partial charge in [0.25, 0.3) is 0 Å². The van der Waals surface area contributed by atoms with Crippen LogP contribution in [0.5, 0.6) is 0 Å². The molecule has 1 aliphatic carbocycles. The fourth-order valence-corrected chi connectivity index (χ4v) is 5.71. The van der Waals surface area contributed by atoms with Gasteiger partial charge in [0.2, 0.25) is 0 Å². The Morgan fingerprint density at radius 2 is 1.57 bits per heavy atom. The van der Waals surface area contributed by atoms with Crippen LogP contribution in [0, 0.1) is 10.8 Å². The summed E-state index contributed by atoms with van der Waals surface area (Å²) in [6.45, 7) is 30.8. The van der Waals surface area contributed by atoms with Gasteiger partial charge in [0.1, 0.15) is 5.58 Å². The molecule has 0 bridgehead atoms. The van der Waals surface area contributed by atoms with Gasteiger partial charge in [-0.1, -0.05) is 117 Å². The SMILES string of the molecule is C=C/C=C\C=C\[B]c1c(N(C(/C=C\CC(C)(C)C)=C/CC(C)(C)C)C(/C=C/NCC=C)=C/C=C)oc2cc3c(cc12)C(C)CCC3C. The fraction of sp³-hybridized carbons (Fsp3) is 0.395. The molecular formula is C43H58BN2O. The highest BCUT2D eigenvalue weighted by atomic mass is 16.4. The highest BCUT2D eigenvalue weighted by molar-refractivity contribution is 6.63. The molecule has 3 nitrogen and oxygen atoms in total. The van der Waals surface area contributed by atoms with Gasteiger partial charge in [0.15, 0.2) is 13.2 Å². The first kappa shape index (κ1) is 37.5.